The first-order valence-corrected chi connectivity index (χ1v) is 7.55. The van der Waals surface area contributed by atoms with Crippen LogP contribution in [-0.4, -0.2) is 18.1 Å². The number of nitrogens with zero attached hydrogens (tertiary/aromatic N) is 1. The maximum Gasteiger partial charge on any atom is 0.305 e. The van der Waals surface area contributed by atoms with Crippen LogP contribution in [0.1, 0.15) is 17.7 Å². The Morgan fingerprint density at radius 3 is 3.00 bits per heavy atom. The Morgan fingerprint density at radius 2 is 2.26 bits per heavy atom. The second-order valence-corrected chi connectivity index (χ2v) is 5.95. The molecule has 0 saturated carbocycles. The van der Waals surface area contributed by atoms with Crippen molar-refractivity contribution in [2.24, 2.45) is 0 Å². The molecule has 0 N–H and O–H groups in total. The van der Waals surface area contributed by atoms with E-state index in [4.69, 9.17) is 0 Å². The highest BCUT2D eigenvalue weighted by molar-refractivity contribution is 9.10. The van der Waals surface area contributed by atoms with E-state index in [0.717, 1.165) is 20.7 Å². The molecular weight excluding hydrogens is 326 g/mol. The molecule has 2 aromatic rings. The van der Waals surface area contributed by atoms with Gasteiger partial charge in [0.2, 0.25) is 0 Å². The third kappa shape index (κ3) is 3.64. The molecule has 1 aromatic heterocycles. The monoisotopic (exact) mass is 339 g/mol. The van der Waals surface area contributed by atoms with Gasteiger partial charge in [-0.05, 0) is 24.6 Å². The van der Waals surface area contributed by atoms with Crippen molar-refractivity contribution < 1.29 is 9.53 Å². The lowest BCUT2D eigenvalue weighted by atomic mass is 10.1. The molecule has 0 aliphatic rings. The summed E-state index contributed by atoms with van der Waals surface area (Å²) in [5.41, 5.74) is 3.26. The summed E-state index contributed by atoms with van der Waals surface area (Å²) in [7, 11) is 1.40. The van der Waals surface area contributed by atoms with Crippen molar-refractivity contribution >= 4 is 33.2 Å². The minimum Gasteiger partial charge on any atom is -0.469 e. The predicted molar refractivity (Wildman–Crippen MR) is 80.3 cm³/mol. The molecule has 19 heavy (non-hydrogen) atoms. The standard InChI is InChI=1S/C14H14BrNO2S/c1-9-3-4-10(15)7-12(9)14-16-11(8-19-14)5-6-13(17)18-2/h3-4,7-8H,5-6H2,1-2H3. The smallest absolute Gasteiger partial charge is 0.305 e. The van der Waals surface area contributed by atoms with E-state index < -0.39 is 0 Å². The number of aromatic nitrogens is 1. The molecule has 0 aliphatic carbocycles. The van der Waals surface area contributed by atoms with E-state index in [2.05, 4.69) is 44.7 Å². The molecule has 0 saturated heterocycles. The minimum atomic E-state index is -0.201. The average Bonchev–Trinajstić information content (AvgIpc) is 2.87. The van der Waals surface area contributed by atoms with Gasteiger partial charge >= 0.3 is 5.97 Å². The van der Waals surface area contributed by atoms with Crippen LogP contribution in [0.3, 0.4) is 0 Å². The van der Waals surface area contributed by atoms with E-state index in [1.165, 1.54) is 12.7 Å². The maximum atomic E-state index is 11.1. The number of methoxy groups -OCH3 is 1. The zero-order valence-electron chi connectivity index (χ0n) is 10.8. The van der Waals surface area contributed by atoms with Gasteiger partial charge in [-0.25, -0.2) is 4.98 Å². The first-order chi connectivity index (χ1) is 9.10. The van der Waals surface area contributed by atoms with Crippen molar-refractivity contribution in [2.75, 3.05) is 7.11 Å². The number of hydrogen-bond donors (Lipinski definition) is 0. The molecule has 0 atom stereocenters. The molecule has 5 heteroatoms. The largest absolute Gasteiger partial charge is 0.469 e. The topological polar surface area (TPSA) is 39.2 Å². The third-order valence-corrected chi connectivity index (χ3v) is 4.21. The Kier molecular flexibility index (Phi) is 4.71. The van der Waals surface area contributed by atoms with Gasteiger partial charge in [-0.3, -0.25) is 4.79 Å². The molecule has 2 rings (SSSR count). The lowest BCUT2D eigenvalue weighted by Gasteiger charge is -2.02. The highest BCUT2D eigenvalue weighted by atomic mass is 79.9. The number of hydrogen-bond acceptors (Lipinski definition) is 4. The fraction of sp³-hybridized carbons (Fsp3) is 0.286. The molecule has 0 amide bonds. The summed E-state index contributed by atoms with van der Waals surface area (Å²) in [6.45, 7) is 2.07. The third-order valence-electron chi connectivity index (χ3n) is 2.79. The van der Waals surface area contributed by atoms with Gasteiger partial charge < -0.3 is 4.74 Å². The SMILES string of the molecule is COC(=O)CCc1csc(-c2cc(Br)ccc2C)n1. The number of rotatable bonds is 4. The van der Waals surface area contributed by atoms with Gasteiger partial charge in [-0.2, -0.15) is 0 Å². The first-order valence-electron chi connectivity index (χ1n) is 5.88. The van der Waals surface area contributed by atoms with Crippen LogP contribution < -0.4 is 0 Å². The molecule has 0 fully saturated rings. The Morgan fingerprint density at radius 1 is 1.47 bits per heavy atom. The van der Waals surface area contributed by atoms with Crippen molar-refractivity contribution in [1.29, 1.82) is 0 Å². The van der Waals surface area contributed by atoms with E-state index in [-0.39, 0.29) is 5.97 Å². The van der Waals surface area contributed by atoms with Crippen molar-refractivity contribution in [3.63, 3.8) is 0 Å². The van der Waals surface area contributed by atoms with E-state index in [1.807, 2.05) is 11.4 Å². The summed E-state index contributed by atoms with van der Waals surface area (Å²) in [5, 5.41) is 2.98. The fourth-order valence-electron chi connectivity index (χ4n) is 1.70. The van der Waals surface area contributed by atoms with Crippen molar-refractivity contribution in [2.45, 2.75) is 19.8 Å². The molecule has 0 unspecified atom stereocenters. The summed E-state index contributed by atoms with van der Waals surface area (Å²) in [5.74, 6) is -0.201. The maximum absolute atomic E-state index is 11.1. The Labute approximate surface area is 124 Å². The van der Waals surface area contributed by atoms with Crippen molar-refractivity contribution in [1.82, 2.24) is 4.98 Å². The summed E-state index contributed by atoms with van der Waals surface area (Å²) in [6, 6.07) is 6.15. The summed E-state index contributed by atoms with van der Waals surface area (Å²) >= 11 is 5.08. The van der Waals surface area contributed by atoms with Crippen molar-refractivity contribution in [3.05, 3.63) is 39.3 Å². The van der Waals surface area contributed by atoms with Crippen LogP contribution in [0, 0.1) is 6.92 Å². The zero-order chi connectivity index (χ0) is 13.8. The number of carbonyl (C=O) groups is 1. The Balaban J connectivity index is 2.16. The van der Waals surface area contributed by atoms with Crippen LogP contribution >= 0.6 is 27.3 Å². The van der Waals surface area contributed by atoms with Crippen LogP contribution in [0.2, 0.25) is 0 Å². The number of halogens is 1. The van der Waals surface area contributed by atoms with Gasteiger partial charge in [0.15, 0.2) is 0 Å². The van der Waals surface area contributed by atoms with Gasteiger partial charge in [-0.1, -0.05) is 22.0 Å². The number of benzene rings is 1. The number of aryl methyl sites for hydroxylation is 2. The van der Waals surface area contributed by atoms with E-state index >= 15 is 0 Å². The van der Waals surface area contributed by atoms with Crippen LogP contribution in [0.25, 0.3) is 10.6 Å². The normalized spacial score (nSPS) is 10.5. The molecule has 0 bridgehead atoms. The molecule has 3 nitrogen and oxygen atoms in total. The Hall–Kier alpha value is -1.20. The zero-order valence-corrected chi connectivity index (χ0v) is 13.2. The minimum absolute atomic E-state index is 0.201. The average molecular weight is 340 g/mol. The Bertz CT molecular complexity index is 595. The lowest BCUT2D eigenvalue weighted by Crippen LogP contribution is -2.01. The number of esters is 1. The summed E-state index contributed by atoms with van der Waals surface area (Å²) in [4.78, 5) is 15.7. The van der Waals surface area contributed by atoms with Gasteiger partial charge in [-0.15, -0.1) is 11.3 Å². The predicted octanol–water partition coefficient (Wildman–Crippen LogP) is 3.99. The fourth-order valence-corrected chi connectivity index (χ4v) is 3.00. The van der Waals surface area contributed by atoms with E-state index in [1.54, 1.807) is 11.3 Å². The highest BCUT2D eigenvalue weighted by Gasteiger charge is 2.09. The number of thiazole rings is 1. The molecule has 1 aromatic carbocycles. The quantitative estimate of drug-likeness (QED) is 0.790. The van der Waals surface area contributed by atoms with Gasteiger partial charge in [0.05, 0.1) is 19.2 Å². The number of ether oxygens (including phenoxy) is 1. The number of carbonyl (C=O) groups excluding carboxylic acids is 1. The van der Waals surface area contributed by atoms with Crippen molar-refractivity contribution in [3.8, 4) is 10.6 Å². The first kappa shape index (κ1) is 14.2. The highest BCUT2D eigenvalue weighted by Crippen LogP contribution is 2.29. The summed E-state index contributed by atoms with van der Waals surface area (Å²) in [6.07, 6.45) is 0.993. The molecule has 0 aliphatic heterocycles. The molecular formula is C14H14BrNO2S. The van der Waals surface area contributed by atoms with Crippen LogP contribution in [0.4, 0.5) is 0 Å². The van der Waals surface area contributed by atoms with E-state index in [9.17, 15) is 4.79 Å². The molecule has 1 heterocycles. The van der Waals surface area contributed by atoms with Crippen LogP contribution in [0.15, 0.2) is 28.1 Å². The van der Waals surface area contributed by atoms with Gasteiger partial charge in [0.1, 0.15) is 5.01 Å². The molecule has 0 radical (unpaired) electrons. The van der Waals surface area contributed by atoms with Crippen LogP contribution in [0.5, 0.6) is 0 Å². The van der Waals surface area contributed by atoms with Crippen LogP contribution in [-0.2, 0) is 16.0 Å². The summed E-state index contributed by atoms with van der Waals surface area (Å²) < 4.78 is 5.67. The van der Waals surface area contributed by atoms with E-state index in [0.29, 0.717) is 12.8 Å². The van der Waals surface area contributed by atoms with Gasteiger partial charge in [0, 0.05) is 21.8 Å². The second-order valence-electron chi connectivity index (χ2n) is 4.18. The van der Waals surface area contributed by atoms with Gasteiger partial charge in [0.25, 0.3) is 0 Å². The second kappa shape index (κ2) is 6.30. The molecule has 100 valence electrons. The lowest BCUT2D eigenvalue weighted by molar-refractivity contribution is -0.140. The molecule has 0 spiro atoms.